The standard InChI is InChI=1S/C12H19N3O2S/c1-9(10-4-2-3-5-10)15-18(16,17)11-6-7-14-12(13)8-11/h6-10,15H,2-5H2,1H3,(H2,13,14). The van der Waals surface area contributed by atoms with E-state index in [1.165, 1.54) is 31.2 Å². The van der Waals surface area contributed by atoms with Gasteiger partial charge in [-0.05, 0) is 31.7 Å². The van der Waals surface area contributed by atoms with Gasteiger partial charge in [0.25, 0.3) is 0 Å². The first-order valence-corrected chi connectivity index (χ1v) is 7.71. The molecule has 1 fully saturated rings. The van der Waals surface area contributed by atoms with Crippen molar-refractivity contribution in [1.82, 2.24) is 9.71 Å². The molecular formula is C12H19N3O2S. The minimum atomic E-state index is -3.49. The summed E-state index contributed by atoms with van der Waals surface area (Å²) in [5.41, 5.74) is 5.50. The number of hydrogen-bond donors (Lipinski definition) is 2. The first-order valence-electron chi connectivity index (χ1n) is 6.23. The molecule has 2 rings (SSSR count). The summed E-state index contributed by atoms with van der Waals surface area (Å²) in [7, 11) is -3.49. The molecule has 1 atom stereocenters. The number of sulfonamides is 1. The Morgan fingerprint density at radius 3 is 2.72 bits per heavy atom. The second-order valence-electron chi connectivity index (χ2n) is 4.87. The van der Waals surface area contributed by atoms with Gasteiger partial charge >= 0.3 is 0 Å². The SMILES string of the molecule is CC(NS(=O)(=O)c1ccnc(N)c1)C1CCCC1. The fourth-order valence-corrected chi connectivity index (χ4v) is 3.80. The van der Waals surface area contributed by atoms with Crippen molar-refractivity contribution in [2.45, 2.75) is 43.5 Å². The Hall–Kier alpha value is -1.14. The van der Waals surface area contributed by atoms with E-state index in [4.69, 9.17) is 5.73 Å². The average Bonchev–Trinajstić information content (AvgIpc) is 2.82. The smallest absolute Gasteiger partial charge is 0.241 e. The van der Waals surface area contributed by atoms with Crippen LogP contribution < -0.4 is 10.5 Å². The van der Waals surface area contributed by atoms with Crippen LogP contribution in [0.3, 0.4) is 0 Å². The summed E-state index contributed by atoms with van der Waals surface area (Å²) in [6, 6.07) is 2.80. The summed E-state index contributed by atoms with van der Waals surface area (Å²) in [6.45, 7) is 1.93. The molecule has 0 spiro atoms. The average molecular weight is 269 g/mol. The normalized spacial score (nSPS) is 18.9. The third-order valence-corrected chi connectivity index (χ3v) is 5.07. The number of nitrogen functional groups attached to an aromatic ring is 1. The summed E-state index contributed by atoms with van der Waals surface area (Å²) in [5, 5.41) is 0. The Kier molecular flexibility index (Phi) is 3.87. The molecular weight excluding hydrogens is 250 g/mol. The van der Waals surface area contributed by atoms with Gasteiger partial charge in [0.05, 0.1) is 4.90 Å². The molecule has 0 amide bonds. The second-order valence-corrected chi connectivity index (χ2v) is 6.58. The van der Waals surface area contributed by atoms with Gasteiger partial charge in [0.2, 0.25) is 10.0 Å². The Balaban J connectivity index is 2.11. The van der Waals surface area contributed by atoms with Gasteiger partial charge in [0, 0.05) is 18.3 Å². The lowest BCUT2D eigenvalue weighted by molar-refractivity contribution is 0.424. The number of pyridine rings is 1. The van der Waals surface area contributed by atoms with Crippen molar-refractivity contribution in [3.8, 4) is 0 Å². The van der Waals surface area contributed by atoms with Gasteiger partial charge in [-0.1, -0.05) is 12.8 Å². The van der Waals surface area contributed by atoms with Crippen LogP contribution in [0.4, 0.5) is 5.82 Å². The van der Waals surface area contributed by atoms with Crippen LogP contribution in [0, 0.1) is 5.92 Å². The Labute approximate surface area is 108 Å². The predicted octanol–water partition coefficient (Wildman–Crippen LogP) is 1.52. The molecule has 1 heterocycles. The minimum absolute atomic E-state index is 0.0353. The summed E-state index contributed by atoms with van der Waals surface area (Å²) < 4.78 is 27.0. The lowest BCUT2D eigenvalue weighted by Crippen LogP contribution is -2.37. The zero-order valence-corrected chi connectivity index (χ0v) is 11.3. The van der Waals surface area contributed by atoms with E-state index in [2.05, 4.69) is 9.71 Å². The van der Waals surface area contributed by atoms with E-state index in [1.54, 1.807) is 0 Å². The Morgan fingerprint density at radius 2 is 2.11 bits per heavy atom. The van der Waals surface area contributed by atoms with E-state index in [9.17, 15) is 8.42 Å². The van der Waals surface area contributed by atoms with E-state index >= 15 is 0 Å². The molecule has 0 bridgehead atoms. The quantitative estimate of drug-likeness (QED) is 0.868. The molecule has 3 N–H and O–H groups in total. The van der Waals surface area contributed by atoms with Gasteiger partial charge in [-0.25, -0.2) is 18.1 Å². The molecule has 1 unspecified atom stereocenters. The molecule has 18 heavy (non-hydrogen) atoms. The summed E-state index contributed by atoms with van der Waals surface area (Å²) >= 11 is 0. The highest BCUT2D eigenvalue weighted by Gasteiger charge is 2.26. The van der Waals surface area contributed by atoms with Crippen molar-refractivity contribution < 1.29 is 8.42 Å². The highest BCUT2D eigenvalue weighted by Crippen LogP contribution is 2.28. The minimum Gasteiger partial charge on any atom is -0.384 e. The molecule has 1 aromatic heterocycles. The third-order valence-electron chi connectivity index (χ3n) is 3.51. The zero-order chi connectivity index (χ0) is 13.2. The van der Waals surface area contributed by atoms with Crippen molar-refractivity contribution in [3.05, 3.63) is 18.3 Å². The molecule has 0 aromatic carbocycles. The van der Waals surface area contributed by atoms with Crippen LogP contribution in [-0.2, 0) is 10.0 Å². The van der Waals surface area contributed by atoms with Crippen LogP contribution in [0.15, 0.2) is 23.2 Å². The van der Waals surface area contributed by atoms with Crippen molar-refractivity contribution in [2.75, 3.05) is 5.73 Å². The summed E-state index contributed by atoms with van der Waals surface area (Å²) in [5.74, 6) is 0.658. The molecule has 0 saturated heterocycles. The number of hydrogen-bond acceptors (Lipinski definition) is 4. The first kappa shape index (κ1) is 13.3. The van der Waals surface area contributed by atoms with Gasteiger partial charge in [-0.3, -0.25) is 0 Å². The Morgan fingerprint density at radius 1 is 1.44 bits per heavy atom. The van der Waals surface area contributed by atoms with Gasteiger partial charge in [0.1, 0.15) is 5.82 Å². The molecule has 1 saturated carbocycles. The monoisotopic (exact) mass is 269 g/mol. The van der Waals surface area contributed by atoms with E-state index in [1.807, 2.05) is 6.92 Å². The van der Waals surface area contributed by atoms with E-state index < -0.39 is 10.0 Å². The first-order chi connectivity index (χ1) is 8.49. The molecule has 6 heteroatoms. The van der Waals surface area contributed by atoms with E-state index in [0.29, 0.717) is 5.92 Å². The molecule has 0 aliphatic heterocycles. The van der Waals surface area contributed by atoms with Gasteiger partial charge in [0.15, 0.2) is 0 Å². The summed E-state index contributed by atoms with van der Waals surface area (Å²) in [4.78, 5) is 3.98. The van der Waals surface area contributed by atoms with Gasteiger partial charge in [-0.2, -0.15) is 0 Å². The van der Waals surface area contributed by atoms with Crippen molar-refractivity contribution in [3.63, 3.8) is 0 Å². The van der Waals surface area contributed by atoms with Crippen LogP contribution >= 0.6 is 0 Å². The number of nitrogens with zero attached hydrogens (tertiary/aromatic N) is 1. The number of nitrogens with two attached hydrogens (primary N) is 1. The molecule has 5 nitrogen and oxygen atoms in total. The topological polar surface area (TPSA) is 85.1 Å². The van der Waals surface area contributed by atoms with Crippen LogP contribution in [0.2, 0.25) is 0 Å². The molecule has 100 valence electrons. The lowest BCUT2D eigenvalue weighted by Gasteiger charge is -2.20. The molecule has 0 radical (unpaired) electrons. The fourth-order valence-electron chi connectivity index (χ4n) is 2.46. The maximum absolute atomic E-state index is 12.2. The second kappa shape index (κ2) is 5.24. The third kappa shape index (κ3) is 3.00. The van der Waals surface area contributed by atoms with E-state index in [0.717, 1.165) is 12.8 Å². The molecule has 1 aliphatic carbocycles. The predicted molar refractivity (Wildman–Crippen MR) is 70.4 cm³/mol. The number of rotatable bonds is 4. The number of nitrogens with one attached hydrogen (secondary N) is 1. The van der Waals surface area contributed by atoms with Crippen molar-refractivity contribution in [1.29, 1.82) is 0 Å². The maximum Gasteiger partial charge on any atom is 0.241 e. The lowest BCUT2D eigenvalue weighted by atomic mass is 10.0. The molecule has 1 aliphatic rings. The highest BCUT2D eigenvalue weighted by atomic mass is 32.2. The van der Waals surface area contributed by atoms with Crippen LogP contribution in [0.25, 0.3) is 0 Å². The summed E-state index contributed by atoms with van der Waals surface area (Å²) in [6.07, 6.45) is 5.99. The van der Waals surface area contributed by atoms with Gasteiger partial charge in [-0.15, -0.1) is 0 Å². The van der Waals surface area contributed by atoms with Crippen molar-refractivity contribution in [2.24, 2.45) is 5.92 Å². The van der Waals surface area contributed by atoms with Gasteiger partial charge < -0.3 is 5.73 Å². The highest BCUT2D eigenvalue weighted by molar-refractivity contribution is 7.89. The van der Waals surface area contributed by atoms with Crippen LogP contribution in [-0.4, -0.2) is 19.4 Å². The Bertz CT molecular complexity index is 510. The van der Waals surface area contributed by atoms with Crippen LogP contribution in [0.1, 0.15) is 32.6 Å². The van der Waals surface area contributed by atoms with Crippen LogP contribution in [0.5, 0.6) is 0 Å². The van der Waals surface area contributed by atoms with Crippen molar-refractivity contribution >= 4 is 15.8 Å². The zero-order valence-electron chi connectivity index (χ0n) is 10.5. The maximum atomic E-state index is 12.2. The number of aromatic nitrogens is 1. The number of anilines is 1. The largest absolute Gasteiger partial charge is 0.384 e. The van der Waals surface area contributed by atoms with E-state index in [-0.39, 0.29) is 16.8 Å². The molecule has 1 aromatic rings. The fraction of sp³-hybridized carbons (Fsp3) is 0.583.